The van der Waals surface area contributed by atoms with Crippen molar-refractivity contribution in [2.75, 3.05) is 18.0 Å². The summed E-state index contributed by atoms with van der Waals surface area (Å²) in [5, 5.41) is 8.97. The van der Waals surface area contributed by atoms with E-state index in [1.165, 1.54) is 11.4 Å². The second kappa shape index (κ2) is 5.79. The average molecular weight is 351 g/mol. The molecular weight excluding hydrogens is 337 g/mol. The highest BCUT2D eigenvalue weighted by molar-refractivity contribution is 7.92. The standard InChI is InChI=1S/C16H14FNO5S/c1-23-11-2-5-15-10(8-11)6-7-18(15)24(21,22)12-3-4-14(17)13(9-12)16(19)20/h2-5,8-9H,6-7H2,1H3,(H,19,20). The minimum Gasteiger partial charge on any atom is -0.497 e. The molecule has 2 aromatic carbocycles. The summed E-state index contributed by atoms with van der Waals surface area (Å²) in [5.41, 5.74) is 0.653. The van der Waals surface area contributed by atoms with Crippen LogP contribution in [0.25, 0.3) is 0 Å². The summed E-state index contributed by atoms with van der Waals surface area (Å²) in [6.07, 6.45) is 0.513. The molecule has 0 saturated carbocycles. The zero-order chi connectivity index (χ0) is 17.5. The van der Waals surface area contributed by atoms with Crippen molar-refractivity contribution < 1.29 is 27.4 Å². The number of nitrogens with zero attached hydrogens (tertiary/aromatic N) is 1. The predicted molar refractivity (Wildman–Crippen MR) is 84.6 cm³/mol. The maximum absolute atomic E-state index is 13.5. The largest absolute Gasteiger partial charge is 0.497 e. The summed E-state index contributed by atoms with van der Waals surface area (Å²) in [7, 11) is -2.46. The highest BCUT2D eigenvalue weighted by Crippen LogP contribution is 2.35. The highest BCUT2D eigenvalue weighted by Gasteiger charge is 2.32. The van der Waals surface area contributed by atoms with Crippen LogP contribution in [0.3, 0.4) is 0 Å². The van der Waals surface area contributed by atoms with Crippen LogP contribution in [0.4, 0.5) is 10.1 Å². The van der Waals surface area contributed by atoms with Gasteiger partial charge in [0.1, 0.15) is 11.6 Å². The lowest BCUT2D eigenvalue weighted by molar-refractivity contribution is 0.0691. The van der Waals surface area contributed by atoms with Crippen LogP contribution in [0.5, 0.6) is 5.75 Å². The second-order valence-corrected chi connectivity index (χ2v) is 7.13. The Balaban J connectivity index is 2.05. The number of aromatic carboxylic acids is 1. The summed E-state index contributed by atoms with van der Waals surface area (Å²) in [4.78, 5) is 10.8. The summed E-state index contributed by atoms with van der Waals surface area (Å²) in [6.45, 7) is 0.227. The smallest absolute Gasteiger partial charge is 0.338 e. The van der Waals surface area contributed by atoms with Gasteiger partial charge in [0.15, 0.2) is 0 Å². The molecule has 0 radical (unpaired) electrons. The predicted octanol–water partition coefficient (Wildman–Crippen LogP) is 2.28. The number of hydrogen-bond acceptors (Lipinski definition) is 4. The third kappa shape index (κ3) is 2.58. The number of sulfonamides is 1. The Morgan fingerprint density at radius 3 is 2.67 bits per heavy atom. The van der Waals surface area contributed by atoms with Crippen LogP contribution in [-0.4, -0.2) is 33.1 Å². The van der Waals surface area contributed by atoms with E-state index in [9.17, 15) is 17.6 Å². The Labute approximate surface area is 138 Å². The van der Waals surface area contributed by atoms with Crippen molar-refractivity contribution in [2.24, 2.45) is 0 Å². The molecule has 1 N–H and O–H groups in total. The van der Waals surface area contributed by atoms with Crippen LogP contribution in [-0.2, 0) is 16.4 Å². The lowest BCUT2D eigenvalue weighted by atomic mass is 10.1. The van der Waals surface area contributed by atoms with E-state index in [4.69, 9.17) is 9.84 Å². The number of carboxylic acids is 1. The number of fused-ring (bicyclic) bond motifs is 1. The van der Waals surface area contributed by atoms with Gasteiger partial charge in [-0.1, -0.05) is 0 Å². The molecule has 1 aliphatic heterocycles. The van der Waals surface area contributed by atoms with Gasteiger partial charge in [0.25, 0.3) is 10.0 Å². The van der Waals surface area contributed by atoms with Gasteiger partial charge >= 0.3 is 5.97 Å². The molecule has 0 amide bonds. The first kappa shape index (κ1) is 16.3. The van der Waals surface area contributed by atoms with Gasteiger partial charge in [0.2, 0.25) is 0 Å². The van der Waals surface area contributed by atoms with Crippen molar-refractivity contribution in [3.8, 4) is 5.75 Å². The number of benzene rings is 2. The topological polar surface area (TPSA) is 83.9 Å². The number of rotatable bonds is 4. The minimum absolute atomic E-state index is 0.227. The Morgan fingerprint density at radius 1 is 1.25 bits per heavy atom. The van der Waals surface area contributed by atoms with E-state index in [-0.39, 0.29) is 11.4 Å². The highest BCUT2D eigenvalue weighted by atomic mass is 32.2. The first-order chi connectivity index (χ1) is 11.3. The molecule has 0 bridgehead atoms. The van der Waals surface area contributed by atoms with Crippen LogP contribution in [0.15, 0.2) is 41.3 Å². The number of halogens is 1. The van der Waals surface area contributed by atoms with Gasteiger partial charge in [-0.05, 0) is 48.4 Å². The Morgan fingerprint density at radius 2 is 2.00 bits per heavy atom. The molecule has 1 aliphatic rings. The van der Waals surface area contributed by atoms with Gasteiger partial charge < -0.3 is 9.84 Å². The maximum atomic E-state index is 13.5. The van der Waals surface area contributed by atoms with Gasteiger partial charge in [-0.2, -0.15) is 0 Å². The molecule has 6 nitrogen and oxygen atoms in total. The molecule has 126 valence electrons. The Bertz CT molecular complexity index is 926. The van der Waals surface area contributed by atoms with Crippen LogP contribution >= 0.6 is 0 Å². The maximum Gasteiger partial charge on any atom is 0.338 e. The molecule has 0 saturated heterocycles. The molecule has 0 unspecified atom stereocenters. The molecule has 0 atom stereocenters. The number of carbonyl (C=O) groups is 1. The minimum atomic E-state index is -3.98. The van der Waals surface area contributed by atoms with Gasteiger partial charge in [-0.25, -0.2) is 17.6 Å². The molecule has 8 heteroatoms. The fourth-order valence-corrected chi connectivity index (χ4v) is 4.21. The third-order valence-electron chi connectivity index (χ3n) is 3.90. The number of ether oxygens (including phenoxy) is 1. The fourth-order valence-electron chi connectivity index (χ4n) is 2.68. The van der Waals surface area contributed by atoms with Crippen molar-refractivity contribution in [2.45, 2.75) is 11.3 Å². The number of anilines is 1. The lowest BCUT2D eigenvalue weighted by Gasteiger charge is -2.20. The number of carboxylic acid groups (broad SMARTS) is 1. The Hall–Kier alpha value is -2.61. The van der Waals surface area contributed by atoms with E-state index >= 15 is 0 Å². The molecular formula is C16H14FNO5S. The SMILES string of the molecule is COc1ccc2c(c1)CCN2S(=O)(=O)c1ccc(F)c(C(=O)O)c1. The molecule has 24 heavy (non-hydrogen) atoms. The summed E-state index contributed by atoms with van der Waals surface area (Å²) < 4.78 is 45.5. The summed E-state index contributed by atoms with van der Waals surface area (Å²) in [5.74, 6) is -1.87. The Kier molecular flexibility index (Phi) is 3.92. The molecule has 0 fully saturated rings. The summed E-state index contributed by atoms with van der Waals surface area (Å²) >= 11 is 0. The van der Waals surface area contributed by atoms with E-state index in [1.807, 2.05) is 0 Å². The van der Waals surface area contributed by atoms with Crippen molar-refractivity contribution in [3.63, 3.8) is 0 Å². The van der Waals surface area contributed by atoms with Crippen LogP contribution < -0.4 is 9.04 Å². The zero-order valence-electron chi connectivity index (χ0n) is 12.7. The van der Waals surface area contributed by atoms with E-state index in [0.717, 1.165) is 23.8 Å². The first-order valence-electron chi connectivity index (χ1n) is 7.07. The van der Waals surface area contributed by atoms with E-state index < -0.39 is 27.4 Å². The molecule has 0 aliphatic carbocycles. The zero-order valence-corrected chi connectivity index (χ0v) is 13.5. The molecule has 2 aromatic rings. The van der Waals surface area contributed by atoms with Crippen LogP contribution in [0.1, 0.15) is 15.9 Å². The van der Waals surface area contributed by atoms with Crippen molar-refractivity contribution >= 4 is 21.7 Å². The fraction of sp³-hybridized carbons (Fsp3) is 0.188. The van der Waals surface area contributed by atoms with Crippen molar-refractivity contribution in [3.05, 3.63) is 53.3 Å². The summed E-state index contributed by atoms with van der Waals surface area (Å²) in [6, 6.07) is 7.81. The average Bonchev–Trinajstić information content (AvgIpc) is 2.98. The van der Waals surface area contributed by atoms with Crippen molar-refractivity contribution in [1.29, 1.82) is 0 Å². The number of methoxy groups -OCH3 is 1. The quantitative estimate of drug-likeness (QED) is 0.914. The van der Waals surface area contributed by atoms with Gasteiger partial charge in [-0.3, -0.25) is 4.31 Å². The van der Waals surface area contributed by atoms with Crippen LogP contribution in [0, 0.1) is 5.82 Å². The van der Waals surface area contributed by atoms with Gasteiger partial charge in [0, 0.05) is 6.54 Å². The normalized spacial score (nSPS) is 13.7. The van der Waals surface area contributed by atoms with Crippen molar-refractivity contribution in [1.82, 2.24) is 0 Å². The first-order valence-corrected chi connectivity index (χ1v) is 8.51. The molecule has 3 rings (SSSR count). The number of hydrogen-bond donors (Lipinski definition) is 1. The monoisotopic (exact) mass is 351 g/mol. The van der Waals surface area contributed by atoms with E-state index in [0.29, 0.717) is 17.9 Å². The van der Waals surface area contributed by atoms with Crippen LogP contribution in [0.2, 0.25) is 0 Å². The third-order valence-corrected chi connectivity index (χ3v) is 5.71. The van der Waals surface area contributed by atoms with Gasteiger partial charge in [-0.15, -0.1) is 0 Å². The molecule has 1 heterocycles. The molecule has 0 aromatic heterocycles. The molecule has 0 spiro atoms. The van der Waals surface area contributed by atoms with E-state index in [1.54, 1.807) is 18.2 Å². The lowest BCUT2D eigenvalue weighted by Crippen LogP contribution is -2.29. The second-order valence-electron chi connectivity index (χ2n) is 5.27. The van der Waals surface area contributed by atoms with E-state index in [2.05, 4.69) is 0 Å². The van der Waals surface area contributed by atoms with Gasteiger partial charge in [0.05, 0.1) is 23.3 Å².